The first-order valence-corrected chi connectivity index (χ1v) is 7.52. The number of nitrogens with one attached hydrogen (secondary N) is 1. The summed E-state index contributed by atoms with van der Waals surface area (Å²) in [5, 5.41) is 3.27. The Hall–Kier alpha value is -0.610. The largest absolute Gasteiger partial charge is 0.468 e. The third kappa shape index (κ3) is 5.91. The minimum atomic E-state index is -0.595. The third-order valence-electron chi connectivity index (χ3n) is 3.73. The van der Waals surface area contributed by atoms with Gasteiger partial charge in [0.25, 0.3) is 0 Å². The summed E-state index contributed by atoms with van der Waals surface area (Å²) in [5.74, 6) is -0.173. The molecule has 0 aliphatic carbocycles. The fourth-order valence-electron chi connectivity index (χ4n) is 2.61. The summed E-state index contributed by atoms with van der Waals surface area (Å²) in [5.41, 5.74) is -0.595. The number of hydrogen-bond acceptors (Lipinski definition) is 4. The standard InChI is InChI=1S/C15H32N2O2/c1-7-10-11-17(9-3)13(4)12-15(5,16-8-2)14(18)19-6/h13,16H,7-12H2,1-6H3. The van der Waals surface area contributed by atoms with Crippen molar-refractivity contribution >= 4 is 5.97 Å². The normalized spacial score (nSPS) is 16.2. The molecule has 0 aliphatic heterocycles. The van der Waals surface area contributed by atoms with E-state index in [2.05, 4.69) is 31.0 Å². The maximum atomic E-state index is 12.0. The quantitative estimate of drug-likeness (QED) is 0.620. The summed E-state index contributed by atoms with van der Waals surface area (Å²) >= 11 is 0. The van der Waals surface area contributed by atoms with Crippen LogP contribution >= 0.6 is 0 Å². The Balaban J connectivity index is 4.68. The highest BCUT2D eigenvalue weighted by Gasteiger charge is 2.36. The number of methoxy groups -OCH3 is 1. The molecule has 114 valence electrons. The van der Waals surface area contributed by atoms with Crippen LogP contribution in [0.3, 0.4) is 0 Å². The molecule has 0 aromatic rings. The van der Waals surface area contributed by atoms with Gasteiger partial charge in [-0.25, -0.2) is 0 Å². The molecule has 2 atom stereocenters. The predicted molar refractivity (Wildman–Crippen MR) is 80.3 cm³/mol. The molecule has 4 heteroatoms. The molecule has 19 heavy (non-hydrogen) atoms. The van der Waals surface area contributed by atoms with Crippen LogP contribution in [0.1, 0.15) is 53.9 Å². The lowest BCUT2D eigenvalue weighted by atomic mass is 9.92. The number of rotatable bonds is 10. The third-order valence-corrected chi connectivity index (χ3v) is 3.73. The van der Waals surface area contributed by atoms with Gasteiger partial charge >= 0.3 is 5.97 Å². The number of esters is 1. The van der Waals surface area contributed by atoms with Crippen molar-refractivity contribution in [3.05, 3.63) is 0 Å². The number of ether oxygens (including phenoxy) is 1. The van der Waals surface area contributed by atoms with Crippen LogP contribution in [0.4, 0.5) is 0 Å². The van der Waals surface area contributed by atoms with Crippen LogP contribution in [0.15, 0.2) is 0 Å². The van der Waals surface area contributed by atoms with Crippen molar-refractivity contribution in [2.75, 3.05) is 26.7 Å². The van der Waals surface area contributed by atoms with Crippen LogP contribution in [0.5, 0.6) is 0 Å². The molecular weight excluding hydrogens is 240 g/mol. The summed E-state index contributed by atoms with van der Waals surface area (Å²) in [6, 6.07) is 0.361. The van der Waals surface area contributed by atoms with Crippen LogP contribution < -0.4 is 5.32 Å². The van der Waals surface area contributed by atoms with Gasteiger partial charge < -0.3 is 15.0 Å². The second-order valence-corrected chi connectivity index (χ2v) is 5.39. The molecule has 0 heterocycles. The number of hydrogen-bond donors (Lipinski definition) is 1. The average Bonchev–Trinajstić information content (AvgIpc) is 2.38. The van der Waals surface area contributed by atoms with E-state index in [0.29, 0.717) is 6.04 Å². The molecule has 0 saturated carbocycles. The maximum Gasteiger partial charge on any atom is 0.325 e. The summed E-state index contributed by atoms with van der Waals surface area (Å²) in [7, 11) is 1.46. The van der Waals surface area contributed by atoms with Crippen LogP contribution in [-0.4, -0.2) is 49.2 Å². The number of nitrogens with zero attached hydrogens (tertiary/aromatic N) is 1. The van der Waals surface area contributed by atoms with Crippen molar-refractivity contribution in [3.8, 4) is 0 Å². The van der Waals surface area contributed by atoms with E-state index in [1.807, 2.05) is 13.8 Å². The fourth-order valence-corrected chi connectivity index (χ4v) is 2.61. The van der Waals surface area contributed by atoms with E-state index < -0.39 is 5.54 Å². The topological polar surface area (TPSA) is 41.6 Å². The van der Waals surface area contributed by atoms with E-state index in [1.54, 1.807) is 0 Å². The Morgan fingerprint density at radius 1 is 1.37 bits per heavy atom. The number of unbranched alkanes of at least 4 members (excludes halogenated alkanes) is 1. The molecule has 0 spiro atoms. The molecule has 0 rings (SSSR count). The van der Waals surface area contributed by atoms with E-state index in [-0.39, 0.29) is 5.97 Å². The fraction of sp³-hybridized carbons (Fsp3) is 0.933. The molecule has 1 N–H and O–H groups in total. The summed E-state index contributed by atoms with van der Waals surface area (Å²) in [4.78, 5) is 14.4. The first kappa shape index (κ1) is 18.4. The van der Waals surface area contributed by atoms with Gasteiger partial charge in [-0.15, -0.1) is 0 Å². The zero-order chi connectivity index (χ0) is 14.9. The van der Waals surface area contributed by atoms with Crippen LogP contribution in [-0.2, 0) is 9.53 Å². The van der Waals surface area contributed by atoms with Crippen molar-refractivity contribution in [2.24, 2.45) is 0 Å². The van der Waals surface area contributed by atoms with Gasteiger partial charge in [0, 0.05) is 6.04 Å². The van der Waals surface area contributed by atoms with Crippen molar-refractivity contribution in [1.29, 1.82) is 0 Å². The van der Waals surface area contributed by atoms with Gasteiger partial charge in [-0.2, -0.15) is 0 Å². The smallest absolute Gasteiger partial charge is 0.325 e. The van der Waals surface area contributed by atoms with E-state index in [0.717, 1.165) is 26.1 Å². The summed E-state index contributed by atoms with van der Waals surface area (Å²) in [6.45, 7) is 13.4. The van der Waals surface area contributed by atoms with Crippen molar-refractivity contribution in [1.82, 2.24) is 10.2 Å². The molecule has 0 aromatic heterocycles. The molecule has 4 nitrogen and oxygen atoms in total. The van der Waals surface area contributed by atoms with Crippen molar-refractivity contribution < 1.29 is 9.53 Å². The molecule has 0 radical (unpaired) electrons. The highest BCUT2D eigenvalue weighted by Crippen LogP contribution is 2.18. The Kier molecular flexibility index (Phi) is 9.02. The first-order chi connectivity index (χ1) is 8.95. The molecule has 0 bridgehead atoms. The lowest BCUT2D eigenvalue weighted by Crippen LogP contribution is -2.54. The Morgan fingerprint density at radius 2 is 2.00 bits per heavy atom. The molecule has 0 amide bonds. The highest BCUT2D eigenvalue weighted by molar-refractivity contribution is 5.80. The number of carbonyl (C=O) groups is 1. The van der Waals surface area contributed by atoms with Gasteiger partial charge in [-0.05, 0) is 46.3 Å². The zero-order valence-electron chi connectivity index (χ0n) is 13.6. The number of carbonyl (C=O) groups excluding carboxylic acids is 1. The lowest BCUT2D eigenvalue weighted by molar-refractivity contribution is -0.148. The summed E-state index contributed by atoms with van der Waals surface area (Å²) in [6.07, 6.45) is 3.17. The van der Waals surface area contributed by atoms with Gasteiger partial charge in [0.2, 0.25) is 0 Å². The lowest BCUT2D eigenvalue weighted by Gasteiger charge is -2.35. The zero-order valence-corrected chi connectivity index (χ0v) is 13.6. The van der Waals surface area contributed by atoms with Crippen molar-refractivity contribution in [3.63, 3.8) is 0 Å². The average molecular weight is 272 g/mol. The second kappa shape index (κ2) is 9.32. The molecule has 0 aromatic carbocycles. The van der Waals surface area contributed by atoms with Gasteiger partial charge in [0.1, 0.15) is 5.54 Å². The second-order valence-electron chi connectivity index (χ2n) is 5.39. The molecule has 0 saturated heterocycles. The van der Waals surface area contributed by atoms with E-state index in [9.17, 15) is 4.79 Å². The van der Waals surface area contributed by atoms with E-state index in [1.165, 1.54) is 20.0 Å². The minimum Gasteiger partial charge on any atom is -0.468 e. The van der Waals surface area contributed by atoms with Crippen molar-refractivity contribution in [2.45, 2.75) is 65.5 Å². The Bertz CT molecular complexity index is 259. The summed E-state index contributed by atoms with van der Waals surface area (Å²) < 4.78 is 4.94. The molecular formula is C15H32N2O2. The van der Waals surface area contributed by atoms with Crippen LogP contribution in [0, 0.1) is 0 Å². The predicted octanol–water partition coefficient (Wildman–Crippen LogP) is 2.43. The minimum absolute atomic E-state index is 0.173. The van der Waals surface area contributed by atoms with Gasteiger partial charge in [-0.1, -0.05) is 27.2 Å². The van der Waals surface area contributed by atoms with Gasteiger partial charge in [0.05, 0.1) is 7.11 Å². The van der Waals surface area contributed by atoms with Crippen LogP contribution in [0.25, 0.3) is 0 Å². The Labute approximate surface area is 118 Å². The van der Waals surface area contributed by atoms with E-state index in [4.69, 9.17) is 4.74 Å². The number of likely N-dealkylation sites (N-methyl/N-ethyl adjacent to an activating group) is 1. The molecule has 0 fully saturated rings. The molecule has 2 unspecified atom stereocenters. The maximum absolute atomic E-state index is 12.0. The van der Waals surface area contributed by atoms with Gasteiger partial charge in [-0.3, -0.25) is 4.79 Å². The molecule has 0 aliphatic rings. The van der Waals surface area contributed by atoms with Crippen LogP contribution in [0.2, 0.25) is 0 Å². The SMILES string of the molecule is CCCCN(CC)C(C)CC(C)(NCC)C(=O)OC. The highest BCUT2D eigenvalue weighted by atomic mass is 16.5. The van der Waals surface area contributed by atoms with E-state index >= 15 is 0 Å². The first-order valence-electron chi connectivity index (χ1n) is 7.52. The Morgan fingerprint density at radius 3 is 2.42 bits per heavy atom. The monoisotopic (exact) mass is 272 g/mol. The van der Waals surface area contributed by atoms with Gasteiger partial charge in [0.15, 0.2) is 0 Å².